The average Bonchev–Trinajstić information content (AvgIpc) is 2.42. The number of carboxylic acid groups (broad SMARTS) is 1. The highest BCUT2D eigenvalue weighted by Gasteiger charge is 2.15. The van der Waals surface area contributed by atoms with Crippen molar-refractivity contribution in [3.8, 4) is 0 Å². The molecule has 0 aromatic carbocycles. The molecule has 0 saturated heterocycles. The Labute approximate surface area is 118 Å². The van der Waals surface area contributed by atoms with E-state index in [-0.39, 0.29) is 12.3 Å². The van der Waals surface area contributed by atoms with Crippen LogP contribution in [0.1, 0.15) is 43.5 Å². The van der Waals surface area contributed by atoms with Gasteiger partial charge in [0.2, 0.25) is 0 Å². The maximum atomic E-state index is 11.8. The minimum Gasteiger partial charge on any atom is -0.481 e. The molecule has 1 atom stereocenters. The Kier molecular flexibility index (Phi) is 6.63. The Morgan fingerprint density at radius 2 is 2.05 bits per heavy atom. The number of aliphatic carboxylic acids is 1. The molecule has 0 bridgehead atoms. The second-order valence-electron chi connectivity index (χ2n) is 5.11. The van der Waals surface area contributed by atoms with Crippen molar-refractivity contribution in [2.75, 3.05) is 6.54 Å². The molecular weight excluding hydrogens is 258 g/mol. The second-order valence-corrected chi connectivity index (χ2v) is 5.11. The smallest absolute Gasteiger partial charge is 0.303 e. The van der Waals surface area contributed by atoms with Crippen LogP contribution in [0.2, 0.25) is 0 Å². The van der Waals surface area contributed by atoms with Gasteiger partial charge < -0.3 is 10.4 Å². The van der Waals surface area contributed by atoms with Gasteiger partial charge in [0.15, 0.2) is 0 Å². The molecule has 1 aromatic rings. The summed E-state index contributed by atoms with van der Waals surface area (Å²) in [5.41, 5.74) is 0.478. The molecule has 0 spiro atoms. The molecule has 0 fully saturated rings. The predicted octanol–water partition coefficient (Wildman–Crippen LogP) is 1.73. The lowest BCUT2D eigenvalue weighted by molar-refractivity contribution is -0.137. The normalized spacial score (nSPS) is 12.2. The second kappa shape index (κ2) is 8.24. The molecule has 1 rings (SSSR count). The van der Waals surface area contributed by atoms with E-state index in [0.717, 1.165) is 6.42 Å². The SMILES string of the molecule is CC(C)C(CCNC(=O)c1ccnnc1)CCC(=O)O. The number of carbonyl (C=O) groups excluding carboxylic acids is 1. The lowest BCUT2D eigenvalue weighted by Gasteiger charge is -2.20. The van der Waals surface area contributed by atoms with E-state index in [9.17, 15) is 9.59 Å². The van der Waals surface area contributed by atoms with Crippen molar-refractivity contribution in [1.29, 1.82) is 0 Å². The van der Waals surface area contributed by atoms with E-state index in [1.165, 1.54) is 12.4 Å². The molecule has 1 aromatic heterocycles. The molecule has 20 heavy (non-hydrogen) atoms. The third kappa shape index (κ3) is 5.77. The third-order valence-electron chi connectivity index (χ3n) is 3.32. The van der Waals surface area contributed by atoms with Crippen LogP contribution in [0.3, 0.4) is 0 Å². The number of aromatic nitrogens is 2. The highest BCUT2D eigenvalue weighted by molar-refractivity contribution is 5.93. The fourth-order valence-corrected chi connectivity index (χ4v) is 2.02. The molecular formula is C14H21N3O3. The van der Waals surface area contributed by atoms with Crippen LogP contribution >= 0.6 is 0 Å². The zero-order valence-electron chi connectivity index (χ0n) is 11.9. The van der Waals surface area contributed by atoms with E-state index >= 15 is 0 Å². The minimum absolute atomic E-state index is 0.172. The monoisotopic (exact) mass is 279 g/mol. The number of hydrogen-bond acceptors (Lipinski definition) is 4. The Hall–Kier alpha value is -1.98. The number of rotatable bonds is 8. The lowest BCUT2D eigenvalue weighted by atomic mass is 9.88. The summed E-state index contributed by atoms with van der Waals surface area (Å²) in [6.45, 7) is 4.67. The van der Waals surface area contributed by atoms with Gasteiger partial charge in [0.05, 0.1) is 18.0 Å². The quantitative estimate of drug-likeness (QED) is 0.756. The first kappa shape index (κ1) is 16.1. The molecule has 1 unspecified atom stereocenters. The molecule has 0 aliphatic rings. The van der Waals surface area contributed by atoms with E-state index in [4.69, 9.17) is 5.11 Å². The highest BCUT2D eigenvalue weighted by Crippen LogP contribution is 2.20. The van der Waals surface area contributed by atoms with Crippen molar-refractivity contribution < 1.29 is 14.7 Å². The molecule has 110 valence electrons. The Morgan fingerprint density at radius 1 is 1.30 bits per heavy atom. The van der Waals surface area contributed by atoms with Crippen LogP contribution < -0.4 is 5.32 Å². The summed E-state index contributed by atoms with van der Waals surface area (Å²) in [7, 11) is 0. The first-order valence-corrected chi connectivity index (χ1v) is 6.77. The van der Waals surface area contributed by atoms with Gasteiger partial charge in [-0.15, -0.1) is 0 Å². The summed E-state index contributed by atoms with van der Waals surface area (Å²) in [4.78, 5) is 22.4. The number of carboxylic acids is 1. The summed E-state index contributed by atoms with van der Waals surface area (Å²) in [5, 5.41) is 18.8. The first-order valence-electron chi connectivity index (χ1n) is 6.77. The molecule has 0 radical (unpaired) electrons. The van der Waals surface area contributed by atoms with Crippen molar-refractivity contribution in [3.05, 3.63) is 24.0 Å². The summed E-state index contributed by atoms with van der Waals surface area (Å²) in [6, 6.07) is 1.60. The minimum atomic E-state index is -0.775. The van der Waals surface area contributed by atoms with Crippen molar-refractivity contribution in [1.82, 2.24) is 15.5 Å². The van der Waals surface area contributed by atoms with E-state index in [2.05, 4.69) is 29.4 Å². The Bertz CT molecular complexity index is 435. The molecule has 0 aliphatic heterocycles. The van der Waals surface area contributed by atoms with E-state index in [0.29, 0.717) is 30.4 Å². The number of nitrogens with zero attached hydrogens (tertiary/aromatic N) is 2. The number of hydrogen-bond donors (Lipinski definition) is 2. The summed E-state index contributed by atoms with van der Waals surface area (Å²) in [6.07, 6.45) is 4.47. The maximum absolute atomic E-state index is 11.8. The van der Waals surface area contributed by atoms with Crippen molar-refractivity contribution in [2.45, 2.75) is 33.1 Å². The van der Waals surface area contributed by atoms with Gasteiger partial charge >= 0.3 is 5.97 Å². The molecule has 0 aliphatic carbocycles. The number of amides is 1. The predicted molar refractivity (Wildman–Crippen MR) is 74.2 cm³/mol. The molecule has 6 heteroatoms. The summed E-state index contributed by atoms with van der Waals surface area (Å²) < 4.78 is 0. The number of carbonyl (C=O) groups is 2. The maximum Gasteiger partial charge on any atom is 0.303 e. The van der Waals surface area contributed by atoms with Crippen LogP contribution in [0.25, 0.3) is 0 Å². The van der Waals surface area contributed by atoms with E-state index in [1.807, 2.05) is 0 Å². The van der Waals surface area contributed by atoms with Crippen LogP contribution in [0, 0.1) is 11.8 Å². The van der Waals surface area contributed by atoms with Crippen LogP contribution in [-0.4, -0.2) is 33.7 Å². The summed E-state index contributed by atoms with van der Waals surface area (Å²) in [5.74, 6) is -0.265. The van der Waals surface area contributed by atoms with Crippen LogP contribution in [0.15, 0.2) is 18.5 Å². The fourth-order valence-electron chi connectivity index (χ4n) is 2.02. The summed E-state index contributed by atoms with van der Waals surface area (Å²) >= 11 is 0. The van der Waals surface area contributed by atoms with Crippen molar-refractivity contribution >= 4 is 11.9 Å². The lowest BCUT2D eigenvalue weighted by Crippen LogP contribution is -2.27. The van der Waals surface area contributed by atoms with Crippen LogP contribution in [0.4, 0.5) is 0 Å². The zero-order chi connectivity index (χ0) is 15.0. The zero-order valence-corrected chi connectivity index (χ0v) is 11.9. The van der Waals surface area contributed by atoms with Gasteiger partial charge in [0, 0.05) is 13.0 Å². The number of nitrogens with one attached hydrogen (secondary N) is 1. The van der Waals surface area contributed by atoms with Gasteiger partial charge in [0.1, 0.15) is 0 Å². The van der Waals surface area contributed by atoms with Gasteiger partial charge in [-0.1, -0.05) is 13.8 Å². The molecule has 1 heterocycles. The van der Waals surface area contributed by atoms with Gasteiger partial charge in [0.25, 0.3) is 5.91 Å². The fraction of sp³-hybridized carbons (Fsp3) is 0.571. The topological polar surface area (TPSA) is 92.2 Å². The largest absolute Gasteiger partial charge is 0.481 e. The van der Waals surface area contributed by atoms with Gasteiger partial charge in [-0.2, -0.15) is 10.2 Å². The van der Waals surface area contributed by atoms with E-state index in [1.54, 1.807) is 6.07 Å². The van der Waals surface area contributed by atoms with E-state index < -0.39 is 5.97 Å². The van der Waals surface area contributed by atoms with Crippen molar-refractivity contribution in [3.63, 3.8) is 0 Å². The third-order valence-corrected chi connectivity index (χ3v) is 3.32. The Balaban J connectivity index is 2.37. The van der Waals surface area contributed by atoms with Crippen LogP contribution in [0.5, 0.6) is 0 Å². The average molecular weight is 279 g/mol. The Morgan fingerprint density at radius 3 is 2.60 bits per heavy atom. The molecule has 0 saturated carbocycles. The molecule has 2 N–H and O–H groups in total. The first-order chi connectivity index (χ1) is 9.50. The van der Waals surface area contributed by atoms with Crippen molar-refractivity contribution in [2.24, 2.45) is 11.8 Å². The molecule has 1 amide bonds. The highest BCUT2D eigenvalue weighted by atomic mass is 16.4. The van der Waals surface area contributed by atoms with Gasteiger partial charge in [-0.05, 0) is 30.7 Å². The van der Waals surface area contributed by atoms with Gasteiger partial charge in [-0.25, -0.2) is 0 Å². The molecule has 6 nitrogen and oxygen atoms in total. The standard InChI is InChI=1S/C14H21N3O3/c1-10(2)11(3-4-13(18)19)5-7-15-14(20)12-6-8-16-17-9-12/h6,8-11H,3-5,7H2,1-2H3,(H,15,20)(H,18,19). The van der Waals surface area contributed by atoms with Gasteiger partial charge in [-0.3, -0.25) is 9.59 Å². The van der Waals surface area contributed by atoms with Crippen LogP contribution in [-0.2, 0) is 4.79 Å².